The maximum Gasteiger partial charge on any atom is 0.416 e. The Balaban J connectivity index is 1.51. The van der Waals surface area contributed by atoms with Gasteiger partial charge in [0.05, 0.1) is 23.6 Å². The average Bonchev–Trinajstić information content (AvgIpc) is 2.62. The molecule has 7 nitrogen and oxygen atoms in total. The predicted octanol–water partition coefficient (Wildman–Crippen LogP) is 3.31. The molecular formula is C18H14F3N3O4. The number of amides is 1. The van der Waals surface area contributed by atoms with Crippen molar-refractivity contribution >= 4 is 17.7 Å². The number of likely N-dealkylation sites (tertiary alicyclic amines) is 1. The minimum atomic E-state index is -4.48. The SMILES string of the molecule is O=C(/C=C/c1ccc([N+](=O)[O-])cc1)N1CC(Oc2cc(C(F)(F)F)ccn2)C1. The summed E-state index contributed by atoms with van der Waals surface area (Å²) in [6, 6.07) is 7.37. The Morgan fingerprint density at radius 3 is 2.54 bits per heavy atom. The van der Waals surface area contributed by atoms with Crippen molar-refractivity contribution < 1.29 is 27.6 Å². The third-order valence-corrected chi connectivity index (χ3v) is 4.03. The van der Waals surface area contributed by atoms with E-state index in [1.807, 2.05) is 0 Å². The van der Waals surface area contributed by atoms with Crippen molar-refractivity contribution in [2.24, 2.45) is 0 Å². The van der Waals surface area contributed by atoms with E-state index in [1.54, 1.807) is 0 Å². The van der Waals surface area contributed by atoms with Gasteiger partial charge >= 0.3 is 6.18 Å². The number of aromatic nitrogens is 1. The molecule has 1 aromatic heterocycles. The van der Waals surface area contributed by atoms with Crippen molar-refractivity contribution in [3.63, 3.8) is 0 Å². The van der Waals surface area contributed by atoms with Crippen molar-refractivity contribution in [2.75, 3.05) is 13.1 Å². The Hall–Kier alpha value is -3.43. The first-order valence-corrected chi connectivity index (χ1v) is 8.14. The first kappa shape index (κ1) is 19.3. The molecule has 3 rings (SSSR count). The number of nitrogens with zero attached hydrogens (tertiary/aromatic N) is 3. The summed E-state index contributed by atoms with van der Waals surface area (Å²) < 4.78 is 43.4. The first-order valence-electron chi connectivity index (χ1n) is 8.14. The van der Waals surface area contributed by atoms with E-state index in [0.29, 0.717) is 5.56 Å². The molecule has 0 atom stereocenters. The van der Waals surface area contributed by atoms with E-state index in [0.717, 1.165) is 18.3 Å². The Kier molecular flexibility index (Phi) is 5.30. The normalized spacial score (nSPS) is 14.8. The molecule has 10 heteroatoms. The van der Waals surface area contributed by atoms with Gasteiger partial charge in [0.1, 0.15) is 6.10 Å². The van der Waals surface area contributed by atoms with Crippen LogP contribution in [0.3, 0.4) is 0 Å². The van der Waals surface area contributed by atoms with Crippen LogP contribution >= 0.6 is 0 Å². The minimum Gasteiger partial charge on any atom is -0.471 e. The van der Waals surface area contributed by atoms with Crippen molar-refractivity contribution in [1.82, 2.24) is 9.88 Å². The Labute approximate surface area is 157 Å². The quantitative estimate of drug-likeness (QED) is 0.442. The lowest BCUT2D eigenvalue weighted by Gasteiger charge is -2.38. The van der Waals surface area contributed by atoms with E-state index >= 15 is 0 Å². The summed E-state index contributed by atoms with van der Waals surface area (Å²) in [6.07, 6.45) is -1.06. The third kappa shape index (κ3) is 4.64. The smallest absolute Gasteiger partial charge is 0.416 e. The van der Waals surface area contributed by atoms with Gasteiger partial charge in [-0.05, 0) is 29.8 Å². The third-order valence-electron chi connectivity index (χ3n) is 4.03. The molecule has 0 N–H and O–H groups in total. The topological polar surface area (TPSA) is 85.6 Å². The molecule has 0 bridgehead atoms. The van der Waals surface area contributed by atoms with Gasteiger partial charge in [-0.1, -0.05) is 0 Å². The number of benzene rings is 1. The van der Waals surface area contributed by atoms with Gasteiger partial charge in [-0.15, -0.1) is 0 Å². The highest BCUT2D eigenvalue weighted by molar-refractivity contribution is 5.92. The number of ether oxygens (including phenoxy) is 1. The van der Waals surface area contributed by atoms with Crippen LogP contribution in [0.1, 0.15) is 11.1 Å². The van der Waals surface area contributed by atoms with E-state index in [2.05, 4.69) is 4.98 Å². The number of pyridine rings is 1. The number of halogens is 3. The first-order chi connectivity index (χ1) is 13.2. The van der Waals surface area contributed by atoms with Crippen LogP contribution in [0.15, 0.2) is 48.7 Å². The van der Waals surface area contributed by atoms with Gasteiger partial charge in [-0.2, -0.15) is 13.2 Å². The number of nitro benzene ring substituents is 1. The Morgan fingerprint density at radius 2 is 1.93 bits per heavy atom. The molecule has 0 aliphatic carbocycles. The minimum absolute atomic E-state index is 0.0468. The molecule has 2 aromatic rings. The fraction of sp³-hybridized carbons (Fsp3) is 0.222. The average molecular weight is 393 g/mol. The second-order valence-corrected chi connectivity index (χ2v) is 6.05. The van der Waals surface area contributed by atoms with Crippen LogP contribution < -0.4 is 4.74 Å². The molecule has 1 fully saturated rings. The molecule has 0 spiro atoms. The summed E-state index contributed by atoms with van der Waals surface area (Å²) in [6.45, 7) is 0.447. The number of nitro groups is 1. The maximum atomic E-state index is 12.7. The zero-order valence-electron chi connectivity index (χ0n) is 14.3. The van der Waals surface area contributed by atoms with Crippen LogP contribution in [-0.4, -0.2) is 39.9 Å². The van der Waals surface area contributed by atoms with Gasteiger partial charge < -0.3 is 9.64 Å². The van der Waals surface area contributed by atoms with Gasteiger partial charge in [0.25, 0.3) is 5.69 Å². The highest BCUT2D eigenvalue weighted by atomic mass is 19.4. The van der Waals surface area contributed by atoms with Crippen molar-refractivity contribution in [1.29, 1.82) is 0 Å². The lowest BCUT2D eigenvalue weighted by atomic mass is 10.1. The van der Waals surface area contributed by atoms with Crippen molar-refractivity contribution in [3.05, 3.63) is 69.9 Å². The number of carbonyl (C=O) groups excluding carboxylic acids is 1. The van der Waals surface area contributed by atoms with Crippen LogP contribution in [0.5, 0.6) is 5.88 Å². The molecule has 2 heterocycles. The highest BCUT2D eigenvalue weighted by Crippen LogP contribution is 2.31. The Bertz CT molecular complexity index is 907. The summed E-state index contributed by atoms with van der Waals surface area (Å²) in [4.78, 5) is 27.4. The zero-order chi connectivity index (χ0) is 20.3. The number of hydrogen-bond acceptors (Lipinski definition) is 5. The second-order valence-electron chi connectivity index (χ2n) is 6.05. The van der Waals surface area contributed by atoms with Gasteiger partial charge in [0.15, 0.2) is 0 Å². The Morgan fingerprint density at radius 1 is 1.25 bits per heavy atom. The maximum absolute atomic E-state index is 12.7. The highest BCUT2D eigenvalue weighted by Gasteiger charge is 2.33. The number of non-ortho nitro benzene ring substituents is 1. The molecule has 1 saturated heterocycles. The molecule has 1 aromatic carbocycles. The summed E-state index contributed by atoms with van der Waals surface area (Å²) in [5.41, 5.74) is -0.273. The summed E-state index contributed by atoms with van der Waals surface area (Å²) in [5.74, 6) is -0.441. The van der Waals surface area contributed by atoms with E-state index in [-0.39, 0.29) is 30.6 Å². The van der Waals surface area contributed by atoms with Crippen LogP contribution in [0, 0.1) is 10.1 Å². The lowest BCUT2D eigenvalue weighted by molar-refractivity contribution is -0.384. The van der Waals surface area contributed by atoms with Crippen molar-refractivity contribution in [3.8, 4) is 5.88 Å². The largest absolute Gasteiger partial charge is 0.471 e. The van der Waals surface area contributed by atoms with Gasteiger partial charge in [0.2, 0.25) is 11.8 Å². The van der Waals surface area contributed by atoms with E-state index in [1.165, 1.54) is 41.3 Å². The lowest BCUT2D eigenvalue weighted by Crippen LogP contribution is -2.55. The molecule has 0 unspecified atom stereocenters. The number of carbonyl (C=O) groups is 1. The number of alkyl halides is 3. The van der Waals surface area contributed by atoms with Crippen LogP contribution in [0.2, 0.25) is 0 Å². The summed E-state index contributed by atoms with van der Waals surface area (Å²) in [7, 11) is 0. The molecule has 0 radical (unpaired) electrons. The molecule has 146 valence electrons. The molecule has 1 aliphatic heterocycles. The number of rotatable bonds is 5. The summed E-state index contributed by atoms with van der Waals surface area (Å²) in [5, 5.41) is 10.6. The fourth-order valence-corrected chi connectivity index (χ4v) is 2.49. The zero-order valence-corrected chi connectivity index (χ0v) is 14.3. The van der Waals surface area contributed by atoms with E-state index in [4.69, 9.17) is 4.74 Å². The molecule has 0 saturated carbocycles. The van der Waals surface area contributed by atoms with Gasteiger partial charge in [-0.25, -0.2) is 4.98 Å². The second kappa shape index (κ2) is 7.67. The van der Waals surface area contributed by atoms with Gasteiger partial charge in [0, 0.05) is 30.5 Å². The van der Waals surface area contributed by atoms with E-state index < -0.39 is 22.8 Å². The molecule has 1 aliphatic rings. The fourth-order valence-electron chi connectivity index (χ4n) is 2.49. The summed E-state index contributed by atoms with van der Waals surface area (Å²) >= 11 is 0. The molecular weight excluding hydrogens is 379 g/mol. The van der Waals surface area contributed by atoms with Crippen LogP contribution in [-0.2, 0) is 11.0 Å². The monoisotopic (exact) mass is 393 g/mol. The van der Waals surface area contributed by atoms with Crippen LogP contribution in [0.4, 0.5) is 18.9 Å². The molecule has 28 heavy (non-hydrogen) atoms. The predicted molar refractivity (Wildman–Crippen MR) is 92.4 cm³/mol. The van der Waals surface area contributed by atoms with E-state index in [9.17, 15) is 28.1 Å². The number of hydrogen-bond donors (Lipinski definition) is 0. The molecule has 1 amide bonds. The van der Waals surface area contributed by atoms with Gasteiger partial charge in [-0.3, -0.25) is 14.9 Å². The van der Waals surface area contributed by atoms with Crippen molar-refractivity contribution in [2.45, 2.75) is 12.3 Å². The van der Waals surface area contributed by atoms with Crippen LogP contribution in [0.25, 0.3) is 6.08 Å². The standard InChI is InChI=1S/C18H14F3N3O4/c19-18(20,21)13-7-8-22-16(9-13)28-15-10-23(11-15)17(25)6-3-12-1-4-14(5-2-12)24(26)27/h1-9,15H,10-11H2/b6-3+.